The first kappa shape index (κ1) is 25.2. The number of benzene rings is 2. The van der Waals surface area contributed by atoms with Gasteiger partial charge in [0.1, 0.15) is 5.75 Å². The average Bonchev–Trinajstić information content (AvgIpc) is 2.74. The Labute approximate surface area is 197 Å². The van der Waals surface area contributed by atoms with Crippen LogP contribution in [0.15, 0.2) is 41.3 Å². The van der Waals surface area contributed by atoms with Crippen LogP contribution >= 0.6 is 0 Å². The second kappa shape index (κ2) is 11.1. The third kappa shape index (κ3) is 7.03. The number of piperidine rings is 1. The molecule has 0 radical (unpaired) electrons. The highest BCUT2D eigenvalue weighted by molar-refractivity contribution is 7.89. The molecule has 1 aliphatic heterocycles. The zero-order valence-corrected chi connectivity index (χ0v) is 20.8. The van der Waals surface area contributed by atoms with Crippen LogP contribution in [-0.4, -0.2) is 52.0 Å². The minimum Gasteiger partial charge on any atom is -0.497 e. The average molecular weight is 474 g/mol. The Hall–Kier alpha value is -2.42. The molecule has 1 amide bonds. The van der Waals surface area contributed by atoms with Crippen molar-refractivity contribution in [2.75, 3.05) is 26.7 Å². The van der Waals surface area contributed by atoms with Crippen LogP contribution in [0.25, 0.3) is 0 Å². The van der Waals surface area contributed by atoms with Gasteiger partial charge in [-0.2, -0.15) is 0 Å². The van der Waals surface area contributed by atoms with Crippen LogP contribution in [-0.2, 0) is 21.4 Å². The highest BCUT2D eigenvalue weighted by Crippen LogP contribution is 2.21. The van der Waals surface area contributed by atoms with Gasteiger partial charge in [-0.25, -0.2) is 13.1 Å². The molecule has 2 aromatic carbocycles. The number of carbonyl (C=O) groups is 1. The van der Waals surface area contributed by atoms with Gasteiger partial charge in [-0.05, 0) is 62.4 Å². The fourth-order valence-electron chi connectivity index (χ4n) is 4.53. The molecule has 0 bridgehead atoms. The summed E-state index contributed by atoms with van der Waals surface area (Å²) in [7, 11) is -1.99. The second-order valence-electron chi connectivity index (χ2n) is 8.85. The van der Waals surface area contributed by atoms with E-state index in [0.29, 0.717) is 16.0 Å². The quantitative estimate of drug-likeness (QED) is 0.584. The molecule has 3 rings (SSSR count). The normalized spacial score (nSPS) is 15.4. The van der Waals surface area contributed by atoms with Crippen molar-refractivity contribution in [3.63, 3.8) is 0 Å². The molecule has 1 heterocycles. The Balaban J connectivity index is 1.42. The number of nitrogens with zero attached hydrogens (tertiary/aromatic N) is 1. The van der Waals surface area contributed by atoms with Crippen molar-refractivity contribution in [2.24, 2.45) is 0 Å². The van der Waals surface area contributed by atoms with Gasteiger partial charge in [-0.1, -0.05) is 29.8 Å². The Kier molecular flexibility index (Phi) is 8.51. The van der Waals surface area contributed by atoms with E-state index in [1.807, 2.05) is 31.2 Å². The number of nitrogens with one attached hydrogen (secondary N) is 2. The molecule has 8 heteroatoms. The predicted molar refractivity (Wildman–Crippen MR) is 130 cm³/mol. The number of sulfonamides is 1. The first-order valence-electron chi connectivity index (χ1n) is 11.4. The maximum absolute atomic E-state index is 12.7. The third-order valence-corrected chi connectivity index (χ3v) is 7.78. The van der Waals surface area contributed by atoms with E-state index in [9.17, 15) is 13.2 Å². The molecule has 0 atom stereocenters. The fourth-order valence-corrected chi connectivity index (χ4v) is 6.01. The van der Waals surface area contributed by atoms with E-state index in [1.165, 1.54) is 5.56 Å². The van der Waals surface area contributed by atoms with E-state index >= 15 is 0 Å². The molecule has 0 saturated carbocycles. The van der Waals surface area contributed by atoms with E-state index < -0.39 is 10.0 Å². The summed E-state index contributed by atoms with van der Waals surface area (Å²) in [5.41, 5.74) is 3.66. The standard InChI is InChI=1S/C25H35N3O4S/c1-18-14-19(2)25(20(3)15-18)33(30,31)26-11-8-24(29)27-22-9-12-28(13-10-22)17-21-6-5-7-23(16-21)32-4/h5-7,14-16,22,26H,8-13,17H2,1-4H3,(H,27,29). The zero-order valence-electron chi connectivity index (χ0n) is 20.0. The minimum absolute atomic E-state index is 0.0790. The van der Waals surface area contributed by atoms with Gasteiger partial charge in [0.15, 0.2) is 0 Å². The van der Waals surface area contributed by atoms with Crippen LogP contribution in [0.1, 0.15) is 41.5 Å². The summed E-state index contributed by atoms with van der Waals surface area (Å²) in [5, 5.41) is 3.06. The van der Waals surface area contributed by atoms with Crippen LogP contribution in [0.2, 0.25) is 0 Å². The third-order valence-electron chi connectivity index (χ3n) is 6.01. The van der Waals surface area contributed by atoms with Gasteiger partial charge in [0.25, 0.3) is 0 Å². The maximum atomic E-state index is 12.7. The monoisotopic (exact) mass is 473 g/mol. The van der Waals surface area contributed by atoms with Crippen LogP contribution in [0.4, 0.5) is 0 Å². The molecule has 0 unspecified atom stereocenters. The first-order valence-corrected chi connectivity index (χ1v) is 12.9. The number of methoxy groups -OCH3 is 1. The van der Waals surface area contributed by atoms with E-state index in [0.717, 1.165) is 43.8 Å². The molecule has 0 aliphatic carbocycles. The summed E-state index contributed by atoms with van der Waals surface area (Å²) in [6.07, 6.45) is 1.87. The van der Waals surface area contributed by atoms with E-state index in [2.05, 4.69) is 27.1 Å². The summed E-state index contributed by atoms with van der Waals surface area (Å²) in [4.78, 5) is 15.1. The Bertz CT molecular complexity index is 1050. The number of amides is 1. The largest absolute Gasteiger partial charge is 0.497 e. The molecule has 7 nitrogen and oxygen atoms in total. The molecule has 1 aliphatic rings. The fraction of sp³-hybridized carbons (Fsp3) is 0.480. The van der Waals surface area contributed by atoms with Gasteiger partial charge in [0, 0.05) is 38.6 Å². The Morgan fingerprint density at radius 1 is 1.09 bits per heavy atom. The van der Waals surface area contributed by atoms with Gasteiger partial charge in [-0.15, -0.1) is 0 Å². The van der Waals surface area contributed by atoms with Crippen molar-refractivity contribution in [3.8, 4) is 5.75 Å². The van der Waals surface area contributed by atoms with Gasteiger partial charge < -0.3 is 10.1 Å². The summed E-state index contributed by atoms with van der Waals surface area (Å²) >= 11 is 0. The molecule has 1 fully saturated rings. The van der Waals surface area contributed by atoms with Crippen molar-refractivity contribution < 1.29 is 17.9 Å². The Morgan fingerprint density at radius 2 is 1.76 bits per heavy atom. The summed E-state index contributed by atoms with van der Waals surface area (Å²) in [5.74, 6) is 0.735. The molecule has 1 saturated heterocycles. The lowest BCUT2D eigenvalue weighted by atomic mass is 10.0. The molecule has 2 N–H and O–H groups in total. The molecular weight excluding hydrogens is 438 g/mol. The highest BCUT2D eigenvalue weighted by atomic mass is 32.2. The second-order valence-corrected chi connectivity index (χ2v) is 10.5. The van der Waals surface area contributed by atoms with E-state index in [-0.39, 0.29) is 24.9 Å². The summed E-state index contributed by atoms with van der Waals surface area (Å²) in [6, 6.07) is 11.9. The number of hydrogen-bond acceptors (Lipinski definition) is 5. The molecule has 0 aromatic heterocycles. The van der Waals surface area contributed by atoms with E-state index in [4.69, 9.17) is 4.74 Å². The van der Waals surface area contributed by atoms with Gasteiger partial charge in [0.2, 0.25) is 15.9 Å². The lowest BCUT2D eigenvalue weighted by Gasteiger charge is -2.32. The molecule has 33 heavy (non-hydrogen) atoms. The van der Waals surface area contributed by atoms with Crippen LogP contribution < -0.4 is 14.8 Å². The number of carbonyl (C=O) groups excluding carboxylic acids is 1. The lowest BCUT2D eigenvalue weighted by molar-refractivity contribution is -0.121. The van der Waals surface area contributed by atoms with E-state index in [1.54, 1.807) is 21.0 Å². The number of rotatable bonds is 9. The SMILES string of the molecule is COc1cccc(CN2CCC(NC(=O)CCNS(=O)(=O)c3c(C)cc(C)cc3C)CC2)c1. The smallest absolute Gasteiger partial charge is 0.241 e. The van der Waals surface area contributed by atoms with Gasteiger partial charge in [0.05, 0.1) is 12.0 Å². The topological polar surface area (TPSA) is 87.7 Å². The van der Waals surface area contributed by atoms with Crippen molar-refractivity contribution in [1.29, 1.82) is 0 Å². The van der Waals surface area contributed by atoms with Crippen LogP contribution in [0.5, 0.6) is 5.75 Å². The van der Waals surface area contributed by atoms with Crippen molar-refractivity contribution in [1.82, 2.24) is 14.9 Å². The van der Waals surface area contributed by atoms with Crippen LogP contribution in [0.3, 0.4) is 0 Å². The first-order chi connectivity index (χ1) is 15.7. The number of ether oxygens (including phenoxy) is 1. The lowest BCUT2D eigenvalue weighted by Crippen LogP contribution is -2.45. The summed E-state index contributed by atoms with van der Waals surface area (Å²) in [6.45, 7) is 8.27. The maximum Gasteiger partial charge on any atom is 0.241 e. The number of hydrogen-bond donors (Lipinski definition) is 2. The molecule has 2 aromatic rings. The van der Waals surface area contributed by atoms with Gasteiger partial charge >= 0.3 is 0 Å². The molecule has 180 valence electrons. The molecule has 0 spiro atoms. The Morgan fingerprint density at radius 3 is 2.39 bits per heavy atom. The highest BCUT2D eigenvalue weighted by Gasteiger charge is 2.22. The predicted octanol–water partition coefficient (Wildman–Crippen LogP) is 3.07. The zero-order chi connectivity index (χ0) is 24.0. The molecular formula is C25H35N3O4S. The summed E-state index contributed by atoms with van der Waals surface area (Å²) < 4.78 is 33.3. The number of aryl methyl sites for hydroxylation is 3. The van der Waals surface area contributed by atoms with Gasteiger partial charge in [-0.3, -0.25) is 9.69 Å². The minimum atomic E-state index is -3.65. The van der Waals surface area contributed by atoms with Crippen molar-refractivity contribution in [2.45, 2.75) is 57.5 Å². The number of likely N-dealkylation sites (tertiary alicyclic amines) is 1. The van der Waals surface area contributed by atoms with Crippen molar-refractivity contribution in [3.05, 3.63) is 58.7 Å². The van der Waals surface area contributed by atoms with Crippen LogP contribution in [0, 0.1) is 20.8 Å². The van der Waals surface area contributed by atoms with Crippen molar-refractivity contribution >= 4 is 15.9 Å².